The van der Waals surface area contributed by atoms with Crippen molar-refractivity contribution in [3.05, 3.63) is 64.7 Å². The van der Waals surface area contributed by atoms with Crippen molar-refractivity contribution < 1.29 is 12.9 Å². The first-order chi connectivity index (χ1) is 11.0. The fourth-order valence-corrected chi connectivity index (χ4v) is 3.71. The number of rotatable bonds is 4. The molecule has 0 atom stereocenters. The fraction of sp³-hybridized carbons (Fsp3) is 0.176. The maximum absolute atomic E-state index is 12.3. The van der Waals surface area contributed by atoms with Crippen molar-refractivity contribution in [1.29, 1.82) is 0 Å². The fourth-order valence-electron chi connectivity index (χ4n) is 2.94. The molecule has 0 saturated heterocycles. The van der Waals surface area contributed by atoms with Crippen LogP contribution in [0.25, 0.3) is 11.1 Å². The minimum Gasteiger partial charge on any atom is -0.205 e. The number of allylic oxidation sites excluding steroid dienone is 2. The molecule has 0 saturated carbocycles. The molecule has 120 valence electrons. The second-order valence-corrected chi connectivity index (χ2v) is 7.49. The van der Waals surface area contributed by atoms with E-state index in [1.54, 1.807) is 12.1 Å². The summed E-state index contributed by atoms with van der Waals surface area (Å²) in [6, 6.07) is 14.0. The van der Waals surface area contributed by atoms with Crippen molar-refractivity contribution in [3.8, 4) is 0 Å². The molecule has 0 aliphatic heterocycles. The van der Waals surface area contributed by atoms with Gasteiger partial charge in [-0.05, 0) is 70.7 Å². The van der Waals surface area contributed by atoms with Crippen LogP contribution >= 0.6 is 11.6 Å². The van der Waals surface area contributed by atoms with Crippen LogP contribution in [0, 0.1) is 0 Å². The van der Waals surface area contributed by atoms with Gasteiger partial charge in [-0.1, -0.05) is 35.9 Å². The zero-order chi connectivity index (χ0) is 16.4. The molecule has 2 aromatic rings. The van der Waals surface area contributed by atoms with Gasteiger partial charge in [0.1, 0.15) is 0 Å². The highest BCUT2D eigenvalue weighted by Gasteiger charge is 2.19. The smallest absolute Gasteiger partial charge is 0.205 e. The third kappa shape index (κ3) is 3.32. The Labute approximate surface area is 139 Å². The van der Waals surface area contributed by atoms with E-state index in [-0.39, 0.29) is 4.90 Å². The number of halogens is 2. The summed E-state index contributed by atoms with van der Waals surface area (Å²) in [5.41, 5.74) is 4.46. The first kappa shape index (κ1) is 16.2. The third-order valence-electron chi connectivity index (χ3n) is 4.01. The first-order valence-electron chi connectivity index (χ1n) is 7.22. The Morgan fingerprint density at radius 1 is 0.957 bits per heavy atom. The Kier molecular flexibility index (Phi) is 4.53. The predicted octanol–water partition coefficient (Wildman–Crippen LogP) is 4.60. The summed E-state index contributed by atoms with van der Waals surface area (Å²) in [6.07, 6.45) is 2.93. The number of hydrogen-bond donors (Lipinski definition) is 1. The van der Waals surface area contributed by atoms with Crippen molar-refractivity contribution in [2.24, 2.45) is 0 Å². The highest BCUT2D eigenvalue weighted by molar-refractivity contribution is 7.89. The zero-order valence-electron chi connectivity index (χ0n) is 12.2. The quantitative estimate of drug-likeness (QED) is 0.818. The highest BCUT2D eigenvalue weighted by Crippen LogP contribution is 2.40. The maximum atomic E-state index is 12.3. The van der Waals surface area contributed by atoms with Crippen LogP contribution in [0.1, 0.15) is 30.4 Å². The summed E-state index contributed by atoms with van der Waals surface area (Å²) in [4.78, 5) is 0.742. The highest BCUT2D eigenvalue weighted by atomic mass is 35.5. The second kappa shape index (κ2) is 6.43. The van der Waals surface area contributed by atoms with Crippen molar-refractivity contribution >= 4 is 32.8 Å². The van der Waals surface area contributed by atoms with E-state index in [0.29, 0.717) is 5.02 Å². The summed E-state index contributed by atoms with van der Waals surface area (Å²) in [6.45, 7) is 0. The summed E-state index contributed by atoms with van der Waals surface area (Å²) >= 11 is 6.07. The molecular weight excluding hydrogens is 337 g/mol. The number of sulfonamides is 1. The molecule has 0 spiro atoms. The molecule has 0 unspecified atom stereocenters. The lowest BCUT2D eigenvalue weighted by atomic mass is 9.97. The van der Waals surface area contributed by atoms with E-state index in [2.05, 4.69) is 0 Å². The van der Waals surface area contributed by atoms with Crippen molar-refractivity contribution in [1.82, 2.24) is 4.94 Å². The van der Waals surface area contributed by atoms with Crippen LogP contribution in [0.4, 0.5) is 4.48 Å². The van der Waals surface area contributed by atoms with Gasteiger partial charge in [0.2, 0.25) is 0 Å². The minimum absolute atomic E-state index is 0.0911. The van der Waals surface area contributed by atoms with Crippen LogP contribution in [-0.4, -0.2) is 8.42 Å². The van der Waals surface area contributed by atoms with Crippen molar-refractivity contribution in [2.45, 2.75) is 24.2 Å². The Hall–Kier alpha value is -1.69. The van der Waals surface area contributed by atoms with E-state index < -0.39 is 10.0 Å². The molecule has 6 heteroatoms. The molecular formula is C17H15ClFNO2S. The SMILES string of the molecule is O=S(=O)(NF)c1ccc(C2=C(c3cccc(Cl)c3)CCC2)cc1. The van der Waals surface area contributed by atoms with Gasteiger partial charge in [0, 0.05) is 5.02 Å². The normalized spacial score (nSPS) is 15.2. The minimum atomic E-state index is -4.06. The first-order valence-corrected chi connectivity index (χ1v) is 9.08. The van der Waals surface area contributed by atoms with Crippen LogP contribution in [0.15, 0.2) is 53.4 Å². The van der Waals surface area contributed by atoms with Crippen LogP contribution in [0.3, 0.4) is 0 Å². The molecule has 1 aliphatic rings. The lowest BCUT2D eigenvalue weighted by Crippen LogP contribution is -2.14. The largest absolute Gasteiger partial charge is 0.266 e. The average molecular weight is 352 g/mol. The standard InChI is InChI=1S/C17H15ClFNO2S/c18-14-4-1-3-13(11-14)17-6-2-5-16(17)12-7-9-15(10-8-12)23(21,22)20-19/h1,3-4,7-11,20H,2,5-6H2. The molecule has 0 amide bonds. The van der Waals surface area contributed by atoms with Gasteiger partial charge in [-0.3, -0.25) is 0 Å². The van der Waals surface area contributed by atoms with E-state index in [1.165, 1.54) is 23.3 Å². The Balaban J connectivity index is 2.01. The van der Waals surface area contributed by atoms with Gasteiger partial charge in [-0.15, -0.1) is 4.48 Å². The van der Waals surface area contributed by atoms with Gasteiger partial charge in [0.15, 0.2) is 0 Å². The predicted molar refractivity (Wildman–Crippen MR) is 90.0 cm³/mol. The second-order valence-electron chi connectivity index (χ2n) is 5.43. The van der Waals surface area contributed by atoms with E-state index in [1.807, 2.05) is 24.3 Å². The van der Waals surface area contributed by atoms with Crippen LogP contribution in [-0.2, 0) is 10.0 Å². The molecule has 0 aromatic heterocycles. The summed E-state index contributed by atoms with van der Waals surface area (Å²) in [5, 5.41) is 0.691. The van der Waals surface area contributed by atoms with Crippen molar-refractivity contribution in [3.63, 3.8) is 0 Å². The van der Waals surface area contributed by atoms with E-state index in [0.717, 1.165) is 35.3 Å². The molecule has 23 heavy (non-hydrogen) atoms. The van der Waals surface area contributed by atoms with Gasteiger partial charge in [0.05, 0.1) is 4.90 Å². The monoisotopic (exact) mass is 351 g/mol. The van der Waals surface area contributed by atoms with E-state index in [9.17, 15) is 12.9 Å². The molecule has 1 N–H and O–H groups in total. The molecule has 0 radical (unpaired) electrons. The van der Waals surface area contributed by atoms with E-state index >= 15 is 0 Å². The number of nitrogens with one attached hydrogen (secondary N) is 1. The summed E-state index contributed by atoms with van der Waals surface area (Å²) < 4.78 is 35.2. The zero-order valence-corrected chi connectivity index (χ0v) is 13.8. The van der Waals surface area contributed by atoms with Gasteiger partial charge >= 0.3 is 0 Å². The lowest BCUT2D eigenvalue weighted by molar-refractivity contribution is 0.425. The van der Waals surface area contributed by atoms with Crippen molar-refractivity contribution in [2.75, 3.05) is 0 Å². The molecule has 2 aromatic carbocycles. The summed E-state index contributed by atoms with van der Waals surface area (Å²) in [5.74, 6) is 0. The Morgan fingerprint density at radius 3 is 2.22 bits per heavy atom. The Morgan fingerprint density at radius 2 is 1.61 bits per heavy atom. The van der Waals surface area contributed by atoms with Crippen LogP contribution in [0.5, 0.6) is 0 Å². The molecule has 0 fully saturated rings. The molecule has 0 bridgehead atoms. The third-order valence-corrected chi connectivity index (χ3v) is 5.34. The van der Waals surface area contributed by atoms with Gasteiger partial charge in [0.25, 0.3) is 10.0 Å². The molecule has 0 heterocycles. The number of hydrogen-bond acceptors (Lipinski definition) is 2. The molecule has 3 nitrogen and oxygen atoms in total. The number of benzene rings is 2. The van der Waals surface area contributed by atoms with Gasteiger partial charge in [-0.25, -0.2) is 8.42 Å². The maximum Gasteiger partial charge on any atom is 0.266 e. The molecule has 3 rings (SSSR count). The van der Waals surface area contributed by atoms with Crippen LogP contribution < -0.4 is 4.94 Å². The molecule has 1 aliphatic carbocycles. The van der Waals surface area contributed by atoms with Crippen LogP contribution in [0.2, 0.25) is 5.02 Å². The summed E-state index contributed by atoms with van der Waals surface area (Å²) in [7, 11) is -4.06. The van der Waals surface area contributed by atoms with Gasteiger partial charge < -0.3 is 0 Å². The topological polar surface area (TPSA) is 46.2 Å². The van der Waals surface area contributed by atoms with Gasteiger partial charge in [-0.2, -0.15) is 0 Å². The van der Waals surface area contributed by atoms with E-state index in [4.69, 9.17) is 11.6 Å². The Bertz CT molecular complexity index is 860. The average Bonchev–Trinajstić information content (AvgIpc) is 3.04. The lowest BCUT2D eigenvalue weighted by Gasteiger charge is -2.09.